The van der Waals surface area contributed by atoms with E-state index in [-0.39, 0.29) is 0 Å². The van der Waals surface area contributed by atoms with Crippen molar-refractivity contribution in [3.8, 4) is 0 Å². The predicted octanol–water partition coefficient (Wildman–Crippen LogP) is 2.27. The van der Waals surface area contributed by atoms with Gasteiger partial charge in [-0.15, -0.1) is 0 Å². The molecule has 0 amide bonds. The molecular formula is C14H30N2O. The highest BCUT2D eigenvalue weighted by atomic mass is 16.5. The first kappa shape index (κ1) is 14.9. The van der Waals surface area contributed by atoms with E-state index in [2.05, 4.69) is 24.1 Å². The van der Waals surface area contributed by atoms with E-state index in [9.17, 15) is 0 Å². The van der Waals surface area contributed by atoms with Gasteiger partial charge in [0.15, 0.2) is 0 Å². The lowest BCUT2D eigenvalue weighted by Crippen LogP contribution is -2.24. The van der Waals surface area contributed by atoms with Gasteiger partial charge in [0.1, 0.15) is 0 Å². The zero-order valence-corrected chi connectivity index (χ0v) is 11.7. The van der Waals surface area contributed by atoms with Gasteiger partial charge in [-0.05, 0) is 51.7 Å². The summed E-state index contributed by atoms with van der Waals surface area (Å²) < 4.78 is 5.66. The first-order chi connectivity index (χ1) is 8.29. The zero-order chi connectivity index (χ0) is 12.3. The summed E-state index contributed by atoms with van der Waals surface area (Å²) in [5.41, 5.74) is 0. The van der Waals surface area contributed by atoms with Crippen molar-refractivity contribution in [3.63, 3.8) is 0 Å². The Hall–Kier alpha value is -0.120. The third-order valence-electron chi connectivity index (χ3n) is 3.27. The summed E-state index contributed by atoms with van der Waals surface area (Å²) in [5, 5.41) is 3.44. The second-order valence-electron chi connectivity index (χ2n) is 5.33. The van der Waals surface area contributed by atoms with Crippen LogP contribution >= 0.6 is 0 Å². The highest BCUT2D eigenvalue weighted by Crippen LogP contribution is 2.06. The Morgan fingerprint density at radius 3 is 2.53 bits per heavy atom. The molecule has 0 radical (unpaired) electrons. The molecule has 3 heteroatoms. The summed E-state index contributed by atoms with van der Waals surface area (Å²) in [7, 11) is 0. The Morgan fingerprint density at radius 2 is 1.82 bits per heavy atom. The van der Waals surface area contributed by atoms with Gasteiger partial charge in [-0.2, -0.15) is 0 Å². The molecule has 1 aliphatic heterocycles. The molecule has 0 aromatic heterocycles. The normalized spacial score (nSPS) is 17.1. The summed E-state index contributed by atoms with van der Waals surface area (Å²) in [5.74, 6) is 0. The van der Waals surface area contributed by atoms with Gasteiger partial charge in [0.25, 0.3) is 0 Å². The fourth-order valence-electron chi connectivity index (χ4n) is 2.20. The number of likely N-dealkylation sites (tertiary alicyclic amines) is 1. The van der Waals surface area contributed by atoms with Crippen LogP contribution in [0.15, 0.2) is 0 Å². The Morgan fingerprint density at radius 1 is 1.06 bits per heavy atom. The van der Waals surface area contributed by atoms with Gasteiger partial charge >= 0.3 is 0 Å². The van der Waals surface area contributed by atoms with Crippen LogP contribution < -0.4 is 5.32 Å². The van der Waals surface area contributed by atoms with Gasteiger partial charge in [0, 0.05) is 19.2 Å². The van der Waals surface area contributed by atoms with E-state index in [4.69, 9.17) is 4.74 Å². The highest BCUT2D eigenvalue weighted by molar-refractivity contribution is 4.65. The monoisotopic (exact) mass is 242 g/mol. The average molecular weight is 242 g/mol. The molecule has 0 atom stereocenters. The van der Waals surface area contributed by atoms with Gasteiger partial charge in [-0.25, -0.2) is 0 Å². The van der Waals surface area contributed by atoms with E-state index in [1.54, 1.807) is 0 Å². The van der Waals surface area contributed by atoms with Gasteiger partial charge in [0.05, 0.1) is 6.61 Å². The van der Waals surface area contributed by atoms with Crippen LogP contribution in [0.4, 0.5) is 0 Å². The molecule has 102 valence electrons. The van der Waals surface area contributed by atoms with Crippen LogP contribution in [0.2, 0.25) is 0 Å². The van der Waals surface area contributed by atoms with Crippen LogP contribution in [-0.4, -0.2) is 50.3 Å². The fourth-order valence-corrected chi connectivity index (χ4v) is 2.20. The molecule has 0 spiro atoms. The van der Waals surface area contributed by atoms with Crippen molar-refractivity contribution in [3.05, 3.63) is 0 Å². The van der Waals surface area contributed by atoms with E-state index >= 15 is 0 Å². The average Bonchev–Trinajstić information content (AvgIpc) is 2.79. The van der Waals surface area contributed by atoms with Gasteiger partial charge in [0.2, 0.25) is 0 Å². The molecule has 17 heavy (non-hydrogen) atoms. The van der Waals surface area contributed by atoms with Crippen molar-refractivity contribution < 1.29 is 4.74 Å². The molecule has 1 rings (SSSR count). The third kappa shape index (κ3) is 8.58. The largest absolute Gasteiger partial charge is 0.380 e. The lowest BCUT2D eigenvalue weighted by atomic mass is 10.2. The van der Waals surface area contributed by atoms with Crippen molar-refractivity contribution in [1.29, 1.82) is 0 Å². The van der Waals surface area contributed by atoms with Crippen LogP contribution in [0.25, 0.3) is 0 Å². The molecule has 0 aliphatic carbocycles. The summed E-state index contributed by atoms with van der Waals surface area (Å²) in [4.78, 5) is 2.51. The number of ether oxygens (including phenoxy) is 1. The SMILES string of the molecule is CC(C)NCCCCCOCCN1CCCC1. The summed E-state index contributed by atoms with van der Waals surface area (Å²) >= 11 is 0. The molecule has 0 aromatic rings. The van der Waals surface area contributed by atoms with Crippen LogP contribution in [0.1, 0.15) is 46.0 Å². The third-order valence-corrected chi connectivity index (χ3v) is 3.27. The smallest absolute Gasteiger partial charge is 0.0593 e. The molecule has 1 saturated heterocycles. The number of unbranched alkanes of at least 4 members (excludes halogenated alkanes) is 2. The Labute approximate surface area is 107 Å². The van der Waals surface area contributed by atoms with E-state index < -0.39 is 0 Å². The zero-order valence-electron chi connectivity index (χ0n) is 11.7. The van der Waals surface area contributed by atoms with E-state index in [1.165, 1.54) is 45.2 Å². The van der Waals surface area contributed by atoms with Crippen molar-refractivity contribution in [2.24, 2.45) is 0 Å². The molecule has 1 aliphatic rings. The molecule has 0 bridgehead atoms. The quantitative estimate of drug-likeness (QED) is 0.595. The van der Waals surface area contributed by atoms with E-state index in [1.807, 2.05) is 0 Å². The molecule has 3 nitrogen and oxygen atoms in total. The Balaban J connectivity index is 1.72. The Kier molecular flexibility index (Phi) is 8.67. The molecule has 0 saturated carbocycles. The summed E-state index contributed by atoms with van der Waals surface area (Å²) in [6, 6.07) is 0.617. The van der Waals surface area contributed by atoms with Crippen LogP contribution in [0, 0.1) is 0 Å². The maximum absolute atomic E-state index is 5.66. The number of nitrogens with one attached hydrogen (secondary N) is 1. The van der Waals surface area contributed by atoms with Gasteiger partial charge in [-0.1, -0.05) is 13.8 Å². The number of nitrogens with zero attached hydrogens (tertiary/aromatic N) is 1. The highest BCUT2D eigenvalue weighted by Gasteiger charge is 2.09. The molecule has 1 fully saturated rings. The van der Waals surface area contributed by atoms with Crippen LogP contribution in [0.5, 0.6) is 0 Å². The number of hydrogen-bond donors (Lipinski definition) is 1. The first-order valence-corrected chi connectivity index (χ1v) is 7.32. The number of hydrogen-bond acceptors (Lipinski definition) is 3. The van der Waals surface area contributed by atoms with Crippen LogP contribution in [0.3, 0.4) is 0 Å². The second-order valence-corrected chi connectivity index (χ2v) is 5.33. The topological polar surface area (TPSA) is 24.5 Å². The minimum atomic E-state index is 0.617. The van der Waals surface area contributed by atoms with Gasteiger partial charge < -0.3 is 15.0 Å². The molecule has 1 heterocycles. The minimum Gasteiger partial charge on any atom is -0.380 e. The standard InChI is InChI=1S/C14H30N2O/c1-14(2)15-8-4-3-7-12-17-13-11-16-9-5-6-10-16/h14-15H,3-13H2,1-2H3. The van der Waals surface area contributed by atoms with E-state index in [0.717, 1.165) is 26.3 Å². The molecule has 0 unspecified atom stereocenters. The Bertz CT molecular complexity index is 168. The predicted molar refractivity (Wildman–Crippen MR) is 73.5 cm³/mol. The number of rotatable bonds is 10. The van der Waals surface area contributed by atoms with Crippen molar-refractivity contribution >= 4 is 0 Å². The van der Waals surface area contributed by atoms with Crippen molar-refractivity contribution in [2.45, 2.75) is 52.0 Å². The van der Waals surface area contributed by atoms with Crippen LogP contribution in [-0.2, 0) is 4.74 Å². The molecular weight excluding hydrogens is 212 g/mol. The lowest BCUT2D eigenvalue weighted by molar-refractivity contribution is 0.108. The summed E-state index contributed by atoms with van der Waals surface area (Å²) in [6.07, 6.45) is 6.52. The fraction of sp³-hybridized carbons (Fsp3) is 1.00. The first-order valence-electron chi connectivity index (χ1n) is 7.32. The lowest BCUT2D eigenvalue weighted by Gasteiger charge is -2.14. The van der Waals surface area contributed by atoms with Crippen molar-refractivity contribution in [2.75, 3.05) is 39.4 Å². The minimum absolute atomic E-state index is 0.617. The van der Waals surface area contributed by atoms with E-state index in [0.29, 0.717) is 6.04 Å². The summed E-state index contributed by atoms with van der Waals surface area (Å²) in [6.45, 7) is 11.1. The maximum Gasteiger partial charge on any atom is 0.0593 e. The van der Waals surface area contributed by atoms with Crippen molar-refractivity contribution in [1.82, 2.24) is 10.2 Å². The maximum atomic E-state index is 5.66. The second kappa shape index (κ2) is 9.86. The molecule has 0 aromatic carbocycles. The van der Waals surface area contributed by atoms with Gasteiger partial charge in [-0.3, -0.25) is 0 Å². The molecule has 1 N–H and O–H groups in total.